The number of ether oxygens (including phenoxy) is 1. The van der Waals surface area contributed by atoms with E-state index < -0.39 is 17.7 Å². The van der Waals surface area contributed by atoms with Crippen LogP contribution in [0.25, 0.3) is 0 Å². The molecule has 1 amide bonds. The Morgan fingerprint density at radius 3 is 2.48 bits per heavy atom. The molecule has 0 aromatic carbocycles. The normalized spacial score (nSPS) is 16.8. The van der Waals surface area contributed by atoms with Crippen molar-refractivity contribution in [2.24, 2.45) is 5.84 Å². The molecule has 1 aliphatic heterocycles. The van der Waals surface area contributed by atoms with Crippen molar-refractivity contribution in [1.29, 1.82) is 0 Å². The van der Waals surface area contributed by atoms with E-state index in [0.29, 0.717) is 24.2 Å². The number of carbonyl (C=O) groups excluding carboxylic acids is 1. The second-order valence-electron chi connectivity index (χ2n) is 5.76. The summed E-state index contributed by atoms with van der Waals surface area (Å²) in [5.74, 6) is 4.40. The van der Waals surface area contributed by atoms with Gasteiger partial charge in [-0.3, -0.25) is 5.84 Å². The highest BCUT2D eigenvalue weighted by atomic mass is 16.6. The van der Waals surface area contributed by atoms with Crippen molar-refractivity contribution >= 4 is 12.1 Å². The molecule has 0 aromatic rings. The summed E-state index contributed by atoms with van der Waals surface area (Å²) in [6, 6.07) is 0. The van der Waals surface area contributed by atoms with Gasteiger partial charge in [-0.15, -0.1) is 0 Å². The van der Waals surface area contributed by atoms with Crippen LogP contribution in [0.4, 0.5) is 4.79 Å². The Kier molecular flexibility index (Phi) is 5.37. The largest absolute Gasteiger partial charge is 0.478 e. The smallest absolute Gasteiger partial charge is 0.410 e. The number of nitrogens with one attached hydrogen (secondary N) is 1. The summed E-state index contributed by atoms with van der Waals surface area (Å²) in [6.07, 6.45) is 1.49. The van der Waals surface area contributed by atoms with E-state index in [9.17, 15) is 14.7 Å². The zero-order chi connectivity index (χ0) is 16.2. The van der Waals surface area contributed by atoms with Crippen molar-refractivity contribution in [3.8, 4) is 0 Å². The number of aliphatic carboxylic acids is 1. The fourth-order valence-corrected chi connectivity index (χ4v) is 2.08. The Labute approximate surface area is 124 Å². The predicted molar refractivity (Wildman–Crippen MR) is 78.2 cm³/mol. The lowest BCUT2D eigenvalue weighted by Crippen LogP contribution is -2.43. The Hall–Kier alpha value is -2.02. The average Bonchev–Trinajstić information content (AvgIpc) is 2.37. The minimum Gasteiger partial charge on any atom is -0.478 e. The molecule has 7 nitrogen and oxygen atoms in total. The fourth-order valence-electron chi connectivity index (χ4n) is 2.08. The summed E-state index contributed by atoms with van der Waals surface area (Å²) >= 11 is 0. The Morgan fingerprint density at radius 2 is 2.05 bits per heavy atom. The van der Waals surface area contributed by atoms with Crippen LogP contribution in [0.2, 0.25) is 0 Å². The monoisotopic (exact) mass is 297 g/mol. The Morgan fingerprint density at radius 1 is 1.43 bits per heavy atom. The number of carboxylic acids is 1. The van der Waals surface area contributed by atoms with E-state index in [1.165, 1.54) is 11.0 Å². The summed E-state index contributed by atoms with van der Waals surface area (Å²) < 4.78 is 5.31. The maximum Gasteiger partial charge on any atom is 0.410 e. The zero-order valence-electron chi connectivity index (χ0n) is 12.9. The molecule has 1 heterocycles. The molecule has 7 heteroatoms. The quantitative estimate of drug-likeness (QED) is 0.413. The molecule has 0 saturated heterocycles. The summed E-state index contributed by atoms with van der Waals surface area (Å²) in [7, 11) is 0. The van der Waals surface area contributed by atoms with Gasteiger partial charge in [0, 0.05) is 24.2 Å². The van der Waals surface area contributed by atoms with Crippen LogP contribution in [-0.4, -0.2) is 40.8 Å². The van der Waals surface area contributed by atoms with Crippen LogP contribution < -0.4 is 11.3 Å². The van der Waals surface area contributed by atoms with Gasteiger partial charge in [0.15, 0.2) is 0 Å². The molecule has 0 fully saturated rings. The van der Waals surface area contributed by atoms with E-state index in [1.807, 2.05) is 0 Å². The summed E-state index contributed by atoms with van der Waals surface area (Å²) in [6.45, 7) is 7.57. The standard InChI is InChI=1S/C14H23N3O4/c1-5-9(12(18)19)10-8-17(7-6-11(10)16-15)13(20)21-14(2,3)4/h5,16H,6-8,15H2,1-4H3,(H,18,19)/b9-5+. The first-order chi connectivity index (χ1) is 9.69. The maximum atomic E-state index is 12.1. The van der Waals surface area contributed by atoms with Crippen LogP contribution in [0.5, 0.6) is 0 Å². The number of nitrogens with zero attached hydrogens (tertiary/aromatic N) is 1. The number of amides is 1. The molecule has 1 rings (SSSR count). The second-order valence-corrected chi connectivity index (χ2v) is 5.76. The fraction of sp³-hybridized carbons (Fsp3) is 0.571. The molecule has 0 unspecified atom stereocenters. The molecule has 0 radical (unpaired) electrons. The third kappa shape index (κ3) is 4.49. The number of hydrogen-bond donors (Lipinski definition) is 3. The van der Waals surface area contributed by atoms with Crippen LogP contribution in [0, 0.1) is 0 Å². The van der Waals surface area contributed by atoms with E-state index in [-0.39, 0.29) is 12.1 Å². The highest BCUT2D eigenvalue weighted by Crippen LogP contribution is 2.24. The third-order valence-electron chi connectivity index (χ3n) is 3.02. The number of carbonyl (C=O) groups is 2. The molecule has 0 saturated carbocycles. The second kappa shape index (κ2) is 6.62. The predicted octanol–water partition coefficient (Wildman–Crippen LogP) is 1.38. The van der Waals surface area contributed by atoms with Crippen molar-refractivity contribution in [2.45, 2.75) is 39.7 Å². The van der Waals surface area contributed by atoms with Crippen LogP contribution >= 0.6 is 0 Å². The van der Waals surface area contributed by atoms with Crippen molar-refractivity contribution < 1.29 is 19.4 Å². The number of carboxylic acid groups (broad SMARTS) is 1. The van der Waals surface area contributed by atoms with E-state index in [1.54, 1.807) is 27.7 Å². The maximum absolute atomic E-state index is 12.1. The summed E-state index contributed by atoms with van der Waals surface area (Å²) in [5.41, 5.74) is 3.20. The zero-order valence-corrected chi connectivity index (χ0v) is 12.9. The number of allylic oxidation sites excluding steroid dienone is 1. The van der Waals surface area contributed by atoms with Gasteiger partial charge in [0.2, 0.25) is 0 Å². The molecule has 0 spiro atoms. The van der Waals surface area contributed by atoms with Gasteiger partial charge in [0.25, 0.3) is 0 Å². The highest BCUT2D eigenvalue weighted by molar-refractivity contribution is 5.92. The first kappa shape index (κ1) is 17.0. The molecular weight excluding hydrogens is 274 g/mol. The van der Waals surface area contributed by atoms with Crippen molar-refractivity contribution in [2.75, 3.05) is 13.1 Å². The molecule has 0 atom stereocenters. The Bertz CT molecular complexity index is 489. The third-order valence-corrected chi connectivity index (χ3v) is 3.02. The van der Waals surface area contributed by atoms with Gasteiger partial charge >= 0.3 is 12.1 Å². The lowest BCUT2D eigenvalue weighted by Gasteiger charge is -2.32. The minimum atomic E-state index is -1.05. The van der Waals surface area contributed by atoms with E-state index in [4.69, 9.17) is 10.6 Å². The van der Waals surface area contributed by atoms with E-state index >= 15 is 0 Å². The molecule has 0 bridgehead atoms. The average molecular weight is 297 g/mol. The molecule has 118 valence electrons. The van der Waals surface area contributed by atoms with Crippen molar-refractivity contribution in [3.05, 3.63) is 22.9 Å². The molecule has 1 aliphatic rings. The van der Waals surface area contributed by atoms with Gasteiger partial charge in [0.05, 0.1) is 12.1 Å². The summed E-state index contributed by atoms with van der Waals surface area (Å²) in [4.78, 5) is 24.9. The van der Waals surface area contributed by atoms with E-state index in [0.717, 1.165) is 0 Å². The van der Waals surface area contributed by atoms with Gasteiger partial charge in [0.1, 0.15) is 5.60 Å². The topological polar surface area (TPSA) is 105 Å². The van der Waals surface area contributed by atoms with Gasteiger partial charge in [-0.1, -0.05) is 6.08 Å². The molecule has 0 aromatic heterocycles. The minimum absolute atomic E-state index is 0.135. The van der Waals surface area contributed by atoms with Gasteiger partial charge < -0.3 is 20.2 Å². The lowest BCUT2D eigenvalue weighted by atomic mass is 9.98. The van der Waals surface area contributed by atoms with E-state index in [2.05, 4.69) is 5.43 Å². The lowest BCUT2D eigenvalue weighted by molar-refractivity contribution is -0.132. The number of hydrogen-bond acceptors (Lipinski definition) is 5. The van der Waals surface area contributed by atoms with Crippen LogP contribution in [0.3, 0.4) is 0 Å². The van der Waals surface area contributed by atoms with Gasteiger partial charge in [-0.05, 0) is 27.7 Å². The van der Waals surface area contributed by atoms with Crippen molar-refractivity contribution in [3.63, 3.8) is 0 Å². The first-order valence-corrected chi connectivity index (χ1v) is 6.76. The van der Waals surface area contributed by atoms with Crippen LogP contribution in [-0.2, 0) is 9.53 Å². The highest BCUT2D eigenvalue weighted by Gasteiger charge is 2.29. The van der Waals surface area contributed by atoms with Crippen molar-refractivity contribution in [1.82, 2.24) is 10.3 Å². The number of rotatable bonds is 3. The van der Waals surface area contributed by atoms with Crippen LogP contribution in [0.15, 0.2) is 22.9 Å². The Balaban J connectivity index is 2.99. The first-order valence-electron chi connectivity index (χ1n) is 6.76. The molecular formula is C14H23N3O4. The molecule has 4 N–H and O–H groups in total. The SMILES string of the molecule is C/C=C(/C(=O)O)C1=C(NN)CCN(C(=O)OC(C)(C)C)C1. The van der Waals surface area contributed by atoms with Crippen LogP contribution in [0.1, 0.15) is 34.1 Å². The van der Waals surface area contributed by atoms with Gasteiger partial charge in [-0.25, -0.2) is 9.59 Å². The number of hydrazine groups is 1. The summed E-state index contributed by atoms with van der Waals surface area (Å²) in [5, 5.41) is 9.24. The molecule has 21 heavy (non-hydrogen) atoms. The number of nitrogens with two attached hydrogens (primary N) is 1. The molecule has 0 aliphatic carbocycles. The van der Waals surface area contributed by atoms with Gasteiger partial charge in [-0.2, -0.15) is 0 Å².